The summed E-state index contributed by atoms with van der Waals surface area (Å²) in [6.07, 6.45) is 0. The Bertz CT molecular complexity index is 1430. The molecule has 1 aliphatic rings. The maximum absolute atomic E-state index is 2.58. The minimum absolute atomic E-state index is 0.263. The van der Waals surface area contributed by atoms with Crippen LogP contribution < -0.4 is 9.80 Å². The lowest BCUT2D eigenvalue weighted by Gasteiger charge is -2.43. The molecule has 1 atom stereocenters. The number of anilines is 2. The molecule has 0 spiro atoms. The second kappa shape index (κ2) is 10.1. The van der Waals surface area contributed by atoms with Gasteiger partial charge in [0.15, 0.2) is 0 Å². The van der Waals surface area contributed by atoms with Crippen molar-refractivity contribution in [1.82, 2.24) is 0 Å². The molecule has 0 aliphatic carbocycles. The highest BCUT2D eigenvalue weighted by molar-refractivity contribution is 5.82. The molecular formula is C37H36N2. The first-order chi connectivity index (χ1) is 19.2. The van der Waals surface area contributed by atoms with Gasteiger partial charge >= 0.3 is 0 Å². The van der Waals surface area contributed by atoms with Gasteiger partial charge in [0.05, 0.1) is 16.8 Å². The Labute approximate surface area is 233 Å². The summed E-state index contributed by atoms with van der Waals surface area (Å²) in [6, 6.07) is 51.0. The van der Waals surface area contributed by atoms with E-state index in [1.165, 1.54) is 39.2 Å². The molecule has 0 amide bonds. The van der Waals surface area contributed by atoms with E-state index < -0.39 is 5.41 Å². The van der Waals surface area contributed by atoms with E-state index in [2.05, 4.69) is 170 Å². The van der Waals surface area contributed by atoms with Gasteiger partial charge in [-0.15, -0.1) is 0 Å². The minimum atomic E-state index is -0.457. The molecule has 0 fully saturated rings. The Hall–Kier alpha value is -4.30. The molecule has 1 heterocycles. The lowest BCUT2D eigenvalue weighted by atomic mass is 9.65. The van der Waals surface area contributed by atoms with Crippen molar-refractivity contribution >= 4 is 11.4 Å². The van der Waals surface area contributed by atoms with E-state index in [1.807, 2.05) is 0 Å². The second-order valence-corrected chi connectivity index (χ2v) is 10.4. The van der Waals surface area contributed by atoms with Crippen molar-refractivity contribution in [2.45, 2.75) is 31.8 Å². The van der Waals surface area contributed by atoms with Crippen LogP contribution >= 0.6 is 0 Å². The van der Waals surface area contributed by atoms with Crippen molar-refractivity contribution in [1.29, 1.82) is 0 Å². The number of fused-ring (bicyclic) bond motifs is 1. The molecule has 5 aromatic rings. The van der Waals surface area contributed by atoms with Crippen LogP contribution in [0.15, 0.2) is 140 Å². The average molecular weight is 509 g/mol. The molecule has 2 heteroatoms. The minimum Gasteiger partial charge on any atom is -0.344 e. The Morgan fingerprint density at radius 2 is 0.897 bits per heavy atom. The zero-order valence-electron chi connectivity index (χ0n) is 23.1. The van der Waals surface area contributed by atoms with E-state index in [0.29, 0.717) is 0 Å². The summed E-state index contributed by atoms with van der Waals surface area (Å²) in [7, 11) is 0. The SMILES string of the molecule is CCN1c2ccc(C(c3ccccc3)(c3ccccc3)c3ccccc3)cc2N(CC)[C@]1(C)c1ccccc1. The summed E-state index contributed by atoms with van der Waals surface area (Å²) >= 11 is 0. The highest BCUT2D eigenvalue weighted by Gasteiger charge is 2.47. The Kier molecular flexibility index (Phi) is 6.48. The summed E-state index contributed by atoms with van der Waals surface area (Å²) in [4.78, 5) is 5.14. The van der Waals surface area contributed by atoms with Crippen LogP contribution in [-0.4, -0.2) is 13.1 Å². The first kappa shape index (κ1) is 25.0. The van der Waals surface area contributed by atoms with Gasteiger partial charge in [-0.05, 0) is 60.7 Å². The second-order valence-electron chi connectivity index (χ2n) is 10.4. The Morgan fingerprint density at radius 3 is 1.33 bits per heavy atom. The summed E-state index contributed by atoms with van der Waals surface area (Å²) in [6.45, 7) is 8.74. The van der Waals surface area contributed by atoms with Gasteiger partial charge in [-0.1, -0.05) is 127 Å². The maximum atomic E-state index is 2.58. The third-order valence-electron chi connectivity index (χ3n) is 8.61. The predicted octanol–water partition coefficient (Wildman–Crippen LogP) is 8.61. The maximum Gasteiger partial charge on any atom is 0.136 e. The monoisotopic (exact) mass is 508 g/mol. The molecule has 0 unspecified atom stereocenters. The molecule has 0 bridgehead atoms. The van der Waals surface area contributed by atoms with E-state index in [-0.39, 0.29) is 5.66 Å². The van der Waals surface area contributed by atoms with Crippen LogP contribution in [0.5, 0.6) is 0 Å². The fourth-order valence-electron chi connectivity index (χ4n) is 6.90. The molecule has 5 aromatic carbocycles. The topological polar surface area (TPSA) is 6.48 Å². The third kappa shape index (κ3) is 3.78. The van der Waals surface area contributed by atoms with Crippen molar-refractivity contribution in [3.8, 4) is 0 Å². The van der Waals surface area contributed by atoms with Crippen LogP contribution in [0.25, 0.3) is 0 Å². The first-order valence-electron chi connectivity index (χ1n) is 14.1. The van der Waals surface area contributed by atoms with Gasteiger partial charge in [-0.2, -0.15) is 0 Å². The van der Waals surface area contributed by atoms with Crippen molar-refractivity contribution in [3.63, 3.8) is 0 Å². The summed E-state index contributed by atoms with van der Waals surface area (Å²) in [5.41, 5.74) is 8.24. The standard InChI is InChI=1S/C37H36N2/c1-4-38-34-27-26-33(28-35(34)39(5-2)36(38,3)29-18-10-6-11-19-29)37(30-20-12-7-13-21-30,31-22-14-8-15-23-31)32-24-16-9-17-25-32/h6-28H,4-5H2,1-3H3/t36-/m1/s1. The van der Waals surface area contributed by atoms with E-state index in [4.69, 9.17) is 0 Å². The van der Waals surface area contributed by atoms with Crippen LogP contribution in [0.4, 0.5) is 11.4 Å². The fourth-order valence-corrected chi connectivity index (χ4v) is 6.90. The van der Waals surface area contributed by atoms with Crippen molar-refractivity contribution in [2.75, 3.05) is 22.9 Å². The van der Waals surface area contributed by atoms with E-state index in [0.717, 1.165) is 13.1 Å². The van der Waals surface area contributed by atoms with Crippen LogP contribution in [0.2, 0.25) is 0 Å². The summed E-state index contributed by atoms with van der Waals surface area (Å²) in [5.74, 6) is 0. The summed E-state index contributed by atoms with van der Waals surface area (Å²) in [5, 5.41) is 0. The Morgan fingerprint density at radius 1 is 0.487 bits per heavy atom. The molecule has 0 saturated heterocycles. The lowest BCUT2D eigenvalue weighted by Crippen LogP contribution is -2.52. The molecule has 6 rings (SSSR count). The molecular weight excluding hydrogens is 472 g/mol. The van der Waals surface area contributed by atoms with Gasteiger partial charge in [0.1, 0.15) is 5.66 Å². The fraction of sp³-hybridized carbons (Fsp3) is 0.189. The van der Waals surface area contributed by atoms with Crippen LogP contribution in [0.3, 0.4) is 0 Å². The molecule has 0 N–H and O–H groups in total. The molecule has 194 valence electrons. The molecule has 0 radical (unpaired) electrons. The Balaban J connectivity index is 1.65. The first-order valence-corrected chi connectivity index (χ1v) is 14.1. The van der Waals surface area contributed by atoms with Gasteiger partial charge in [-0.25, -0.2) is 0 Å². The van der Waals surface area contributed by atoms with Gasteiger partial charge in [-0.3, -0.25) is 0 Å². The van der Waals surface area contributed by atoms with Gasteiger partial charge in [0.2, 0.25) is 0 Å². The van der Waals surface area contributed by atoms with Gasteiger partial charge in [0, 0.05) is 13.1 Å². The molecule has 1 aliphatic heterocycles. The predicted molar refractivity (Wildman–Crippen MR) is 165 cm³/mol. The normalized spacial score (nSPS) is 16.8. The highest BCUT2D eigenvalue weighted by atomic mass is 15.5. The van der Waals surface area contributed by atoms with Crippen molar-refractivity contribution in [2.24, 2.45) is 0 Å². The zero-order valence-corrected chi connectivity index (χ0v) is 23.1. The smallest absolute Gasteiger partial charge is 0.136 e. The zero-order chi connectivity index (χ0) is 26.9. The van der Waals surface area contributed by atoms with Gasteiger partial charge in [0.25, 0.3) is 0 Å². The quantitative estimate of drug-likeness (QED) is 0.203. The number of hydrogen-bond donors (Lipinski definition) is 0. The van der Waals surface area contributed by atoms with Crippen LogP contribution in [0, 0.1) is 0 Å². The number of nitrogens with zero attached hydrogens (tertiary/aromatic N) is 2. The third-order valence-corrected chi connectivity index (χ3v) is 8.61. The summed E-state index contributed by atoms with van der Waals surface area (Å²) < 4.78 is 0. The lowest BCUT2D eigenvalue weighted by molar-refractivity contribution is 0.444. The highest BCUT2D eigenvalue weighted by Crippen LogP contribution is 2.53. The number of hydrogen-bond acceptors (Lipinski definition) is 2. The molecule has 0 saturated carbocycles. The number of rotatable bonds is 7. The molecule has 39 heavy (non-hydrogen) atoms. The largest absolute Gasteiger partial charge is 0.344 e. The average Bonchev–Trinajstić information content (AvgIpc) is 3.26. The van der Waals surface area contributed by atoms with E-state index in [1.54, 1.807) is 0 Å². The van der Waals surface area contributed by atoms with Crippen LogP contribution in [0.1, 0.15) is 48.6 Å². The van der Waals surface area contributed by atoms with Crippen molar-refractivity contribution < 1.29 is 0 Å². The molecule has 0 aromatic heterocycles. The van der Waals surface area contributed by atoms with E-state index in [9.17, 15) is 0 Å². The van der Waals surface area contributed by atoms with Crippen LogP contribution in [-0.2, 0) is 11.1 Å². The molecule has 2 nitrogen and oxygen atoms in total. The van der Waals surface area contributed by atoms with Crippen molar-refractivity contribution in [3.05, 3.63) is 167 Å². The van der Waals surface area contributed by atoms with Gasteiger partial charge < -0.3 is 9.80 Å². The number of benzene rings is 5. The van der Waals surface area contributed by atoms with E-state index >= 15 is 0 Å².